The molecule has 0 unspecified atom stereocenters. The minimum absolute atomic E-state index is 0.289. The summed E-state index contributed by atoms with van der Waals surface area (Å²) in [5.74, 6) is 0. The first kappa shape index (κ1) is 16.2. The molecule has 1 fully saturated rings. The Hall–Kier alpha value is -0.140. The van der Waals surface area contributed by atoms with E-state index in [1.54, 1.807) is 22.5 Å². The van der Waals surface area contributed by atoms with Gasteiger partial charge < -0.3 is 4.90 Å². The highest BCUT2D eigenvalue weighted by molar-refractivity contribution is 9.10. The van der Waals surface area contributed by atoms with Gasteiger partial charge in [-0.2, -0.15) is 4.31 Å². The molecule has 0 bridgehead atoms. The lowest BCUT2D eigenvalue weighted by molar-refractivity contribution is 0.196. The van der Waals surface area contributed by atoms with Crippen molar-refractivity contribution in [1.29, 1.82) is 0 Å². The molecule has 4 nitrogen and oxygen atoms in total. The van der Waals surface area contributed by atoms with E-state index >= 15 is 0 Å². The first-order valence-corrected chi connectivity index (χ1v) is 9.05. The Bertz CT molecular complexity index is 584. The van der Waals surface area contributed by atoms with Gasteiger partial charge in [-0.1, -0.05) is 11.6 Å². The Morgan fingerprint density at radius 2 is 1.90 bits per heavy atom. The molecule has 0 amide bonds. The summed E-state index contributed by atoms with van der Waals surface area (Å²) in [4.78, 5) is 2.44. The monoisotopic (exact) mass is 380 g/mol. The average molecular weight is 382 g/mol. The highest BCUT2D eigenvalue weighted by Crippen LogP contribution is 2.28. The maximum absolute atomic E-state index is 12.6. The number of piperidine rings is 1. The fraction of sp³-hybridized carbons (Fsp3) is 0.538. The molecular formula is C13H18BrClN2O2S. The van der Waals surface area contributed by atoms with Gasteiger partial charge in [0.05, 0.1) is 9.92 Å². The molecule has 0 spiro atoms. The van der Waals surface area contributed by atoms with Crippen LogP contribution in [-0.4, -0.2) is 50.8 Å². The van der Waals surface area contributed by atoms with E-state index in [1.807, 2.05) is 14.1 Å². The Morgan fingerprint density at radius 3 is 2.40 bits per heavy atom. The zero-order chi connectivity index (χ0) is 14.9. The van der Waals surface area contributed by atoms with Crippen LogP contribution >= 0.6 is 27.5 Å². The molecule has 1 saturated heterocycles. The number of halogens is 2. The molecule has 0 saturated carbocycles. The van der Waals surface area contributed by atoms with E-state index in [0.29, 0.717) is 28.6 Å². The van der Waals surface area contributed by atoms with E-state index in [1.165, 1.54) is 0 Å². The van der Waals surface area contributed by atoms with Gasteiger partial charge in [0.25, 0.3) is 0 Å². The van der Waals surface area contributed by atoms with Gasteiger partial charge in [0, 0.05) is 23.6 Å². The van der Waals surface area contributed by atoms with Crippen LogP contribution in [0.1, 0.15) is 12.8 Å². The third kappa shape index (κ3) is 3.36. The number of benzene rings is 1. The summed E-state index contributed by atoms with van der Waals surface area (Å²) in [7, 11) is 0.641. The molecule has 1 aliphatic rings. The van der Waals surface area contributed by atoms with Crippen LogP contribution in [0.15, 0.2) is 27.6 Å². The van der Waals surface area contributed by atoms with Gasteiger partial charge in [-0.15, -0.1) is 0 Å². The minimum atomic E-state index is -3.42. The number of rotatable bonds is 3. The normalized spacial score (nSPS) is 18.6. The number of hydrogen-bond donors (Lipinski definition) is 0. The summed E-state index contributed by atoms with van der Waals surface area (Å²) >= 11 is 9.18. The smallest absolute Gasteiger partial charge is 0.243 e. The molecule has 0 aromatic heterocycles. The summed E-state index contributed by atoms with van der Waals surface area (Å²) in [5, 5.41) is 0.510. The Balaban J connectivity index is 2.17. The van der Waals surface area contributed by atoms with Gasteiger partial charge in [-0.05, 0) is 61.1 Å². The largest absolute Gasteiger partial charge is 0.306 e. The van der Waals surface area contributed by atoms with Crippen molar-refractivity contribution in [2.24, 2.45) is 0 Å². The molecule has 1 aromatic rings. The van der Waals surface area contributed by atoms with Crippen molar-refractivity contribution in [3.05, 3.63) is 27.7 Å². The van der Waals surface area contributed by atoms with Crippen LogP contribution in [0.5, 0.6) is 0 Å². The van der Waals surface area contributed by atoms with E-state index < -0.39 is 10.0 Å². The molecule has 0 atom stereocenters. The second kappa shape index (κ2) is 6.32. The van der Waals surface area contributed by atoms with Crippen molar-refractivity contribution in [2.75, 3.05) is 27.2 Å². The van der Waals surface area contributed by atoms with E-state index in [4.69, 9.17) is 11.6 Å². The fourth-order valence-electron chi connectivity index (χ4n) is 2.39. The molecule has 0 N–H and O–H groups in total. The second-order valence-electron chi connectivity index (χ2n) is 5.17. The van der Waals surface area contributed by atoms with Crippen molar-refractivity contribution >= 4 is 37.6 Å². The Labute approximate surface area is 133 Å². The van der Waals surface area contributed by atoms with Crippen molar-refractivity contribution in [3.8, 4) is 0 Å². The van der Waals surface area contributed by atoms with Crippen molar-refractivity contribution in [2.45, 2.75) is 23.8 Å². The van der Waals surface area contributed by atoms with Gasteiger partial charge in [0.15, 0.2) is 0 Å². The number of nitrogens with zero attached hydrogens (tertiary/aromatic N) is 2. The standard InChI is InChI=1S/C13H18BrClN2O2S/c1-16(2)10-5-7-17(8-6-10)20(18,19)11-3-4-13(15)12(14)9-11/h3-4,9-10H,5-8H2,1-2H3. The maximum atomic E-state index is 12.6. The molecule has 20 heavy (non-hydrogen) atoms. The average Bonchev–Trinajstić information content (AvgIpc) is 2.41. The highest BCUT2D eigenvalue weighted by Gasteiger charge is 2.30. The summed E-state index contributed by atoms with van der Waals surface area (Å²) in [6.07, 6.45) is 1.72. The highest BCUT2D eigenvalue weighted by atomic mass is 79.9. The van der Waals surface area contributed by atoms with E-state index in [9.17, 15) is 8.42 Å². The zero-order valence-electron chi connectivity index (χ0n) is 11.5. The molecule has 0 aliphatic carbocycles. The van der Waals surface area contributed by atoms with Crippen LogP contribution in [0.2, 0.25) is 5.02 Å². The van der Waals surface area contributed by atoms with Gasteiger partial charge in [0.1, 0.15) is 0 Å². The topological polar surface area (TPSA) is 40.6 Å². The van der Waals surface area contributed by atoms with Crippen molar-refractivity contribution in [3.63, 3.8) is 0 Å². The molecule has 1 heterocycles. The van der Waals surface area contributed by atoms with Gasteiger partial charge >= 0.3 is 0 Å². The molecule has 1 aliphatic heterocycles. The van der Waals surface area contributed by atoms with E-state index in [2.05, 4.69) is 20.8 Å². The van der Waals surface area contributed by atoms with Crippen LogP contribution in [0, 0.1) is 0 Å². The van der Waals surface area contributed by atoms with E-state index in [0.717, 1.165) is 12.8 Å². The van der Waals surface area contributed by atoms with Crippen LogP contribution in [0.3, 0.4) is 0 Å². The lowest BCUT2D eigenvalue weighted by Gasteiger charge is -2.34. The van der Waals surface area contributed by atoms with Crippen LogP contribution in [-0.2, 0) is 10.0 Å². The van der Waals surface area contributed by atoms with Gasteiger partial charge in [-0.3, -0.25) is 0 Å². The quantitative estimate of drug-likeness (QED) is 0.808. The lowest BCUT2D eigenvalue weighted by atomic mass is 10.1. The van der Waals surface area contributed by atoms with Gasteiger partial charge in [0.2, 0.25) is 10.0 Å². The zero-order valence-corrected chi connectivity index (χ0v) is 14.7. The van der Waals surface area contributed by atoms with E-state index in [-0.39, 0.29) is 4.90 Å². The Morgan fingerprint density at radius 1 is 1.30 bits per heavy atom. The lowest BCUT2D eigenvalue weighted by Crippen LogP contribution is -2.44. The Kier molecular flexibility index (Phi) is 5.13. The maximum Gasteiger partial charge on any atom is 0.243 e. The molecule has 2 rings (SSSR count). The first-order chi connectivity index (χ1) is 9.32. The van der Waals surface area contributed by atoms with Gasteiger partial charge in [-0.25, -0.2) is 8.42 Å². The van der Waals surface area contributed by atoms with Crippen LogP contribution in [0.4, 0.5) is 0 Å². The van der Waals surface area contributed by atoms with Crippen LogP contribution in [0.25, 0.3) is 0 Å². The molecule has 112 valence electrons. The third-order valence-electron chi connectivity index (χ3n) is 3.68. The SMILES string of the molecule is CN(C)C1CCN(S(=O)(=O)c2ccc(Cl)c(Br)c2)CC1. The van der Waals surface area contributed by atoms with Crippen molar-refractivity contribution < 1.29 is 8.42 Å². The molecule has 1 aromatic carbocycles. The summed E-state index contributed by atoms with van der Waals surface area (Å²) < 4.78 is 27.3. The number of hydrogen-bond acceptors (Lipinski definition) is 3. The molecule has 0 radical (unpaired) electrons. The molecule has 7 heteroatoms. The summed E-state index contributed by atoms with van der Waals surface area (Å²) in [5.41, 5.74) is 0. The predicted octanol–water partition coefficient (Wildman–Crippen LogP) is 2.82. The summed E-state index contributed by atoms with van der Waals surface area (Å²) in [6, 6.07) is 5.18. The third-order valence-corrected chi connectivity index (χ3v) is 6.79. The minimum Gasteiger partial charge on any atom is -0.306 e. The molecular weight excluding hydrogens is 364 g/mol. The fourth-order valence-corrected chi connectivity index (χ4v) is 4.53. The second-order valence-corrected chi connectivity index (χ2v) is 8.37. The predicted molar refractivity (Wildman–Crippen MR) is 84.6 cm³/mol. The summed E-state index contributed by atoms with van der Waals surface area (Å²) in [6.45, 7) is 1.12. The first-order valence-electron chi connectivity index (χ1n) is 6.44. The van der Waals surface area contributed by atoms with Crippen LogP contribution < -0.4 is 0 Å². The number of sulfonamides is 1. The van der Waals surface area contributed by atoms with Crippen molar-refractivity contribution in [1.82, 2.24) is 9.21 Å².